The molecule has 0 spiro atoms. The van der Waals surface area contributed by atoms with Gasteiger partial charge in [0.05, 0.1) is 16.3 Å². The van der Waals surface area contributed by atoms with Crippen molar-refractivity contribution in [1.82, 2.24) is 10.2 Å². The fraction of sp³-hybridized carbons (Fsp3) is 0.632. The lowest BCUT2D eigenvalue weighted by atomic mass is 10.0. The molecule has 0 aromatic heterocycles. The maximum atomic E-state index is 12.8. The van der Waals surface area contributed by atoms with Crippen molar-refractivity contribution in [3.63, 3.8) is 0 Å². The fourth-order valence-electron chi connectivity index (χ4n) is 3.53. The van der Waals surface area contributed by atoms with Crippen LogP contribution < -0.4 is 20.5 Å². The lowest BCUT2D eigenvalue weighted by Crippen LogP contribution is -2.45. The van der Waals surface area contributed by atoms with E-state index in [9.17, 15) is 4.79 Å². The Balaban J connectivity index is 1.69. The third-order valence-electron chi connectivity index (χ3n) is 4.80. The van der Waals surface area contributed by atoms with Gasteiger partial charge in [0.15, 0.2) is 11.5 Å². The SMILES string of the molecule is CC(C)CN1CCC(NC(=O)c2cc(Cl)c(N)c3c2OCC(C)O3)CC1. The summed E-state index contributed by atoms with van der Waals surface area (Å²) in [4.78, 5) is 15.3. The van der Waals surface area contributed by atoms with Crippen LogP contribution in [0.1, 0.15) is 44.0 Å². The summed E-state index contributed by atoms with van der Waals surface area (Å²) < 4.78 is 11.5. The number of carbonyl (C=O) groups is 1. The summed E-state index contributed by atoms with van der Waals surface area (Å²) in [5.41, 5.74) is 6.70. The third kappa shape index (κ3) is 4.18. The topological polar surface area (TPSA) is 76.8 Å². The number of carbonyl (C=O) groups excluding carboxylic acids is 1. The number of rotatable bonds is 4. The molecule has 1 amide bonds. The molecule has 3 rings (SSSR count). The first-order valence-corrected chi connectivity index (χ1v) is 9.67. The van der Waals surface area contributed by atoms with Crippen LogP contribution in [-0.4, -0.2) is 49.2 Å². The van der Waals surface area contributed by atoms with Crippen molar-refractivity contribution in [1.29, 1.82) is 0 Å². The lowest BCUT2D eigenvalue weighted by Gasteiger charge is -2.33. The van der Waals surface area contributed by atoms with Crippen LogP contribution in [0, 0.1) is 5.92 Å². The Hall–Kier alpha value is -1.66. The molecular weight excluding hydrogens is 354 g/mol. The number of nitrogens with zero attached hydrogens (tertiary/aromatic N) is 1. The van der Waals surface area contributed by atoms with Gasteiger partial charge in [-0.2, -0.15) is 0 Å². The van der Waals surface area contributed by atoms with E-state index in [4.69, 9.17) is 26.8 Å². The molecule has 0 bridgehead atoms. The van der Waals surface area contributed by atoms with Crippen LogP contribution in [0.5, 0.6) is 11.5 Å². The van der Waals surface area contributed by atoms with Crippen molar-refractivity contribution in [3.05, 3.63) is 16.7 Å². The largest absolute Gasteiger partial charge is 0.485 e. The highest BCUT2D eigenvalue weighted by molar-refractivity contribution is 6.34. The second-order valence-electron chi connectivity index (χ2n) is 7.66. The number of halogens is 1. The number of nitrogens with one attached hydrogen (secondary N) is 1. The van der Waals surface area contributed by atoms with Gasteiger partial charge in [0.2, 0.25) is 0 Å². The molecule has 1 aromatic carbocycles. The Morgan fingerprint density at radius 2 is 2.08 bits per heavy atom. The number of anilines is 1. The Kier molecular flexibility index (Phi) is 5.82. The number of hydrogen-bond donors (Lipinski definition) is 2. The van der Waals surface area contributed by atoms with Gasteiger partial charge in [-0.1, -0.05) is 25.4 Å². The molecule has 0 radical (unpaired) electrons. The molecule has 144 valence electrons. The highest BCUT2D eigenvalue weighted by Crippen LogP contribution is 2.44. The fourth-order valence-corrected chi connectivity index (χ4v) is 3.72. The third-order valence-corrected chi connectivity index (χ3v) is 5.11. The van der Waals surface area contributed by atoms with Crippen LogP contribution in [-0.2, 0) is 0 Å². The number of hydrogen-bond acceptors (Lipinski definition) is 5. The lowest BCUT2D eigenvalue weighted by molar-refractivity contribution is 0.0866. The minimum absolute atomic E-state index is 0.135. The number of amides is 1. The van der Waals surface area contributed by atoms with Crippen LogP contribution >= 0.6 is 11.6 Å². The predicted octanol–water partition coefficient (Wildman–Crippen LogP) is 2.93. The number of ether oxygens (including phenoxy) is 2. The van der Waals surface area contributed by atoms with Gasteiger partial charge >= 0.3 is 0 Å². The summed E-state index contributed by atoms with van der Waals surface area (Å²) in [6.45, 7) is 9.82. The van der Waals surface area contributed by atoms with Crippen LogP contribution in [0.25, 0.3) is 0 Å². The number of nitrogens with two attached hydrogens (primary N) is 1. The van der Waals surface area contributed by atoms with E-state index in [0.717, 1.165) is 32.5 Å². The zero-order valence-corrected chi connectivity index (χ0v) is 16.4. The molecule has 2 aliphatic rings. The summed E-state index contributed by atoms with van der Waals surface area (Å²) >= 11 is 6.21. The van der Waals surface area contributed by atoms with E-state index in [2.05, 4.69) is 24.1 Å². The first-order valence-electron chi connectivity index (χ1n) is 9.29. The van der Waals surface area contributed by atoms with Crippen molar-refractivity contribution >= 4 is 23.2 Å². The van der Waals surface area contributed by atoms with Gasteiger partial charge in [-0.05, 0) is 31.7 Å². The Morgan fingerprint density at radius 3 is 2.73 bits per heavy atom. The monoisotopic (exact) mass is 381 g/mol. The molecular formula is C19H28ClN3O3. The number of fused-ring (bicyclic) bond motifs is 1. The number of piperidine rings is 1. The molecule has 1 saturated heterocycles. The minimum Gasteiger partial charge on any atom is -0.485 e. The van der Waals surface area contributed by atoms with Gasteiger partial charge in [0.25, 0.3) is 5.91 Å². The number of likely N-dealkylation sites (tertiary alicyclic amines) is 1. The molecule has 1 fully saturated rings. The summed E-state index contributed by atoms with van der Waals surface area (Å²) in [6.07, 6.45) is 1.75. The normalized spacial score (nSPS) is 21.0. The van der Waals surface area contributed by atoms with E-state index in [1.807, 2.05) is 6.92 Å². The summed E-state index contributed by atoms with van der Waals surface area (Å²) in [5.74, 6) is 1.22. The quantitative estimate of drug-likeness (QED) is 0.784. The Morgan fingerprint density at radius 1 is 1.38 bits per heavy atom. The van der Waals surface area contributed by atoms with Crippen molar-refractivity contribution in [2.24, 2.45) is 5.92 Å². The first kappa shape index (κ1) is 19.1. The van der Waals surface area contributed by atoms with Crippen molar-refractivity contribution < 1.29 is 14.3 Å². The second-order valence-corrected chi connectivity index (χ2v) is 8.07. The van der Waals surface area contributed by atoms with E-state index < -0.39 is 0 Å². The summed E-state index contributed by atoms with van der Waals surface area (Å²) in [7, 11) is 0. The number of nitrogen functional groups attached to an aromatic ring is 1. The van der Waals surface area contributed by atoms with E-state index in [0.29, 0.717) is 40.3 Å². The Bertz CT molecular complexity index is 672. The zero-order valence-electron chi connectivity index (χ0n) is 15.7. The predicted molar refractivity (Wildman–Crippen MR) is 103 cm³/mol. The molecule has 2 heterocycles. The van der Waals surface area contributed by atoms with Crippen LogP contribution in [0.3, 0.4) is 0 Å². The highest BCUT2D eigenvalue weighted by atomic mass is 35.5. The zero-order chi connectivity index (χ0) is 18.8. The molecule has 2 aliphatic heterocycles. The van der Waals surface area contributed by atoms with Crippen molar-refractivity contribution in [2.75, 3.05) is 32.0 Å². The average Bonchev–Trinajstić information content (AvgIpc) is 2.59. The van der Waals surface area contributed by atoms with Gasteiger partial charge in [0, 0.05) is 25.7 Å². The highest BCUT2D eigenvalue weighted by Gasteiger charge is 2.29. The molecule has 1 atom stereocenters. The molecule has 1 unspecified atom stereocenters. The van der Waals surface area contributed by atoms with E-state index in [-0.39, 0.29) is 18.1 Å². The molecule has 0 aliphatic carbocycles. The van der Waals surface area contributed by atoms with E-state index in [1.165, 1.54) is 0 Å². The van der Waals surface area contributed by atoms with Gasteiger partial charge in [-0.15, -0.1) is 0 Å². The van der Waals surface area contributed by atoms with Crippen LogP contribution in [0.4, 0.5) is 5.69 Å². The van der Waals surface area contributed by atoms with E-state index in [1.54, 1.807) is 6.07 Å². The second kappa shape index (κ2) is 7.92. The van der Waals surface area contributed by atoms with Gasteiger partial charge in [-0.3, -0.25) is 4.79 Å². The average molecular weight is 382 g/mol. The first-order chi connectivity index (χ1) is 12.3. The summed E-state index contributed by atoms with van der Waals surface area (Å²) in [5, 5.41) is 3.42. The Labute approximate surface area is 160 Å². The van der Waals surface area contributed by atoms with Gasteiger partial charge in [0.1, 0.15) is 12.7 Å². The molecule has 3 N–H and O–H groups in total. The standard InChI is InChI=1S/C19H28ClN3O3/c1-11(2)9-23-6-4-13(5-7-23)22-19(24)14-8-15(20)16(21)18-17(14)25-10-12(3)26-18/h8,11-13H,4-7,9-10,21H2,1-3H3,(H,22,24). The van der Waals surface area contributed by atoms with Crippen LogP contribution in [0.2, 0.25) is 5.02 Å². The van der Waals surface area contributed by atoms with Crippen molar-refractivity contribution in [3.8, 4) is 11.5 Å². The van der Waals surface area contributed by atoms with Crippen molar-refractivity contribution in [2.45, 2.75) is 45.8 Å². The minimum atomic E-state index is -0.191. The van der Waals surface area contributed by atoms with Gasteiger partial charge in [-0.25, -0.2) is 0 Å². The van der Waals surface area contributed by atoms with Gasteiger partial charge < -0.3 is 25.4 Å². The molecule has 1 aromatic rings. The molecule has 7 heteroatoms. The summed E-state index contributed by atoms with van der Waals surface area (Å²) in [6, 6.07) is 1.72. The smallest absolute Gasteiger partial charge is 0.255 e. The molecule has 26 heavy (non-hydrogen) atoms. The van der Waals surface area contributed by atoms with Crippen LogP contribution in [0.15, 0.2) is 6.07 Å². The van der Waals surface area contributed by atoms with E-state index >= 15 is 0 Å². The maximum absolute atomic E-state index is 12.8. The maximum Gasteiger partial charge on any atom is 0.255 e. The molecule has 6 nitrogen and oxygen atoms in total. The molecule has 0 saturated carbocycles. The number of benzene rings is 1.